The topological polar surface area (TPSA) is 84.7 Å². The molecule has 19 heavy (non-hydrogen) atoms. The fourth-order valence-electron chi connectivity index (χ4n) is 2.81. The number of imide groups is 1. The van der Waals surface area contributed by atoms with E-state index in [0.717, 1.165) is 25.7 Å². The lowest BCUT2D eigenvalue weighted by atomic mass is 9.77. The van der Waals surface area contributed by atoms with Crippen LogP contribution in [-0.2, 0) is 9.53 Å². The number of nitrogens with one attached hydrogen (secondary N) is 1. The Morgan fingerprint density at radius 3 is 2.68 bits per heavy atom. The molecule has 1 aliphatic heterocycles. The van der Waals surface area contributed by atoms with Gasteiger partial charge in [0.2, 0.25) is 0 Å². The minimum Gasteiger partial charge on any atom is -0.378 e. The number of urea groups is 1. The van der Waals surface area contributed by atoms with Crippen molar-refractivity contribution in [3.8, 4) is 0 Å². The maximum Gasteiger partial charge on any atom is 0.325 e. The second-order valence-corrected chi connectivity index (χ2v) is 5.55. The van der Waals surface area contributed by atoms with Gasteiger partial charge in [-0.05, 0) is 31.6 Å². The number of carbonyl (C=O) groups excluding carboxylic acids is 2. The van der Waals surface area contributed by atoms with Crippen molar-refractivity contribution in [2.24, 2.45) is 11.7 Å². The summed E-state index contributed by atoms with van der Waals surface area (Å²) in [5, 5.41) is 2.89. The van der Waals surface area contributed by atoms with Crippen molar-refractivity contribution in [1.82, 2.24) is 10.2 Å². The number of ether oxygens (including phenoxy) is 1. The van der Waals surface area contributed by atoms with Gasteiger partial charge in [0.25, 0.3) is 5.91 Å². The van der Waals surface area contributed by atoms with E-state index < -0.39 is 5.54 Å². The summed E-state index contributed by atoms with van der Waals surface area (Å²) in [6.45, 7) is 3.74. The maximum absolute atomic E-state index is 12.4. The molecule has 0 unspecified atom stereocenters. The monoisotopic (exact) mass is 269 g/mol. The van der Waals surface area contributed by atoms with E-state index in [0.29, 0.717) is 32.2 Å². The van der Waals surface area contributed by atoms with E-state index in [-0.39, 0.29) is 11.9 Å². The summed E-state index contributed by atoms with van der Waals surface area (Å²) in [5.41, 5.74) is 4.68. The minimum absolute atomic E-state index is 0.0826. The average molecular weight is 269 g/mol. The second-order valence-electron chi connectivity index (χ2n) is 5.55. The lowest BCUT2D eigenvalue weighted by Crippen LogP contribution is -2.49. The highest BCUT2D eigenvalue weighted by atomic mass is 16.5. The van der Waals surface area contributed by atoms with Crippen LogP contribution in [0.1, 0.15) is 32.6 Å². The molecule has 2 fully saturated rings. The molecule has 0 radical (unpaired) electrons. The fraction of sp³-hybridized carbons (Fsp3) is 0.846. The zero-order valence-corrected chi connectivity index (χ0v) is 11.5. The fourth-order valence-corrected chi connectivity index (χ4v) is 2.81. The molecule has 1 aliphatic carbocycles. The van der Waals surface area contributed by atoms with Crippen LogP contribution >= 0.6 is 0 Å². The number of carbonyl (C=O) groups is 2. The molecular formula is C13H23N3O3. The lowest BCUT2D eigenvalue weighted by Gasteiger charge is -2.33. The van der Waals surface area contributed by atoms with E-state index >= 15 is 0 Å². The third kappa shape index (κ3) is 2.90. The van der Waals surface area contributed by atoms with E-state index in [1.165, 1.54) is 4.90 Å². The van der Waals surface area contributed by atoms with Crippen molar-refractivity contribution in [2.75, 3.05) is 26.3 Å². The Morgan fingerprint density at radius 1 is 1.37 bits per heavy atom. The van der Waals surface area contributed by atoms with Gasteiger partial charge in [0, 0.05) is 6.54 Å². The summed E-state index contributed by atoms with van der Waals surface area (Å²) >= 11 is 0. The first-order chi connectivity index (χ1) is 9.09. The highest BCUT2D eigenvalue weighted by Gasteiger charge is 2.51. The third-order valence-corrected chi connectivity index (χ3v) is 4.10. The third-order valence-electron chi connectivity index (χ3n) is 4.10. The molecular weight excluding hydrogens is 246 g/mol. The zero-order valence-electron chi connectivity index (χ0n) is 11.5. The number of rotatable bonds is 5. The first-order valence-electron chi connectivity index (χ1n) is 7.01. The van der Waals surface area contributed by atoms with Gasteiger partial charge >= 0.3 is 6.03 Å². The van der Waals surface area contributed by atoms with Gasteiger partial charge in [-0.15, -0.1) is 0 Å². The zero-order chi connectivity index (χ0) is 13.9. The first-order valence-corrected chi connectivity index (χ1v) is 7.01. The smallest absolute Gasteiger partial charge is 0.325 e. The molecule has 0 aromatic rings. The Kier molecular flexibility index (Phi) is 4.42. The van der Waals surface area contributed by atoms with Crippen LogP contribution in [0, 0.1) is 5.92 Å². The van der Waals surface area contributed by atoms with Gasteiger partial charge < -0.3 is 15.8 Å². The van der Waals surface area contributed by atoms with E-state index in [9.17, 15) is 9.59 Å². The molecule has 1 saturated carbocycles. The Balaban J connectivity index is 1.92. The maximum atomic E-state index is 12.4. The van der Waals surface area contributed by atoms with Crippen molar-refractivity contribution >= 4 is 11.9 Å². The molecule has 3 N–H and O–H groups in total. The van der Waals surface area contributed by atoms with Crippen LogP contribution in [0.3, 0.4) is 0 Å². The van der Waals surface area contributed by atoms with Crippen LogP contribution < -0.4 is 11.1 Å². The van der Waals surface area contributed by atoms with Crippen molar-refractivity contribution in [2.45, 2.75) is 38.1 Å². The van der Waals surface area contributed by atoms with Gasteiger partial charge in [0.15, 0.2) is 0 Å². The van der Waals surface area contributed by atoms with Crippen LogP contribution in [0.4, 0.5) is 4.79 Å². The highest BCUT2D eigenvalue weighted by molar-refractivity contribution is 6.07. The molecule has 2 aliphatic rings. The highest BCUT2D eigenvalue weighted by Crippen LogP contribution is 2.36. The van der Waals surface area contributed by atoms with Gasteiger partial charge in [-0.3, -0.25) is 9.69 Å². The molecule has 108 valence electrons. The molecule has 1 spiro atoms. The second kappa shape index (κ2) is 5.88. The largest absolute Gasteiger partial charge is 0.378 e. The van der Waals surface area contributed by atoms with E-state index in [1.807, 2.05) is 0 Å². The predicted octanol–water partition coefficient (Wildman–Crippen LogP) is 0.462. The van der Waals surface area contributed by atoms with Crippen molar-refractivity contribution in [1.29, 1.82) is 0 Å². The summed E-state index contributed by atoms with van der Waals surface area (Å²) in [7, 11) is 0. The number of hydrogen-bond acceptors (Lipinski definition) is 4. The summed E-state index contributed by atoms with van der Waals surface area (Å²) < 4.78 is 5.24. The van der Waals surface area contributed by atoms with Crippen LogP contribution in [-0.4, -0.2) is 48.7 Å². The standard InChI is InChI=1S/C13H23N3O3/c1-10-2-4-13(5-3-10)11(17)16(12(18)15-13)7-9-19-8-6-14/h10H,2-9,14H2,1H3,(H,15,18). The molecule has 6 heteroatoms. The predicted molar refractivity (Wildman–Crippen MR) is 70.5 cm³/mol. The van der Waals surface area contributed by atoms with E-state index in [2.05, 4.69) is 12.2 Å². The van der Waals surface area contributed by atoms with Crippen LogP contribution in [0.2, 0.25) is 0 Å². The summed E-state index contributed by atoms with van der Waals surface area (Å²) in [6.07, 6.45) is 3.48. The number of amides is 3. The molecule has 0 aromatic heterocycles. The molecule has 1 heterocycles. The molecule has 2 rings (SSSR count). The number of nitrogens with two attached hydrogens (primary N) is 1. The van der Waals surface area contributed by atoms with Crippen molar-refractivity contribution in [3.05, 3.63) is 0 Å². The van der Waals surface area contributed by atoms with E-state index in [1.54, 1.807) is 0 Å². The van der Waals surface area contributed by atoms with Crippen LogP contribution in [0.15, 0.2) is 0 Å². The summed E-state index contributed by atoms with van der Waals surface area (Å²) in [6, 6.07) is -0.282. The van der Waals surface area contributed by atoms with Crippen molar-refractivity contribution < 1.29 is 14.3 Å². The molecule has 1 saturated heterocycles. The van der Waals surface area contributed by atoms with E-state index in [4.69, 9.17) is 10.5 Å². The van der Waals surface area contributed by atoms with Gasteiger partial charge in [0.05, 0.1) is 19.8 Å². The molecule has 0 bridgehead atoms. The Bertz CT molecular complexity index is 351. The number of nitrogens with zero attached hydrogens (tertiary/aromatic N) is 1. The van der Waals surface area contributed by atoms with Gasteiger partial charge in [0.1, 0.15) is 5.54 Å². The quantitative estimate of drug-likeness (QED) is 0.561. The molecule has 0 aromatic carbocycles. The normalized spacial score (nSPS) is 31.1. The summed E-state index contributed by atoms with van der Waals surface area (Å²) in [4.78, 5) is 25.6. The lowest BCUT2D eigenvalue weighted by molar-refractivity contribution is -0.133. The number of hydrogen-bond donors (Lipinski definition) is 2. The Hall–Kier alpha value is -1.14. The van der Waals surface area contributed by atoms with Crippen molar-refractivity contribution in [3.63, 3.8) is 0 Å². The van der Waals surface area contributed by atoms with Gasteiger partial charge in [-0.25, -0.2) is 4.79 Å². The molecule has 3 amide bonds. The average Bonchev–Trinajstić information content (AvgIpc) is 2.62. The molecule has 0 atom stereocenters. The van der Waals surface area contributed by atoms with Gasteiger partial charge in [-0.2, -0.15) is 0 Å². The van der Waals surface area contributed by atoms with Crippen LogP contribution in [0.5, 0.6) is 0 Å². The van der Waals surface area contributed by atoms with Gasteiger partial charge in [-0.1, -0.05) is 6.92 Å². The summed E-state index contributed by atoms with van der Waals surface area (Å²) in [5.74, 6) is 0.554. The Morgan fingerprint density at radius 2 is 2.05 bits per heavy atom. The SMILES string of the molecule is CC1CCC2(CC1)NC(=O)N(CCOCCN)C2=O. The minimum atomic E-state index is -0.641. The molecule has 6 nitrogen and oxygen atoms in total. The van der Waals surface area contributed by atoms with Crippen LogP contribution in [0.25, 0.3) is 0 Å². The Labute approximate surface area is 113 Å². The first kappa shape index (κ1) is 14.3.